The van der Waals surface area contributed by atoms with Crippen LogP contribution in [0.15, 0.2) is 28.8 Å². The summed E-state index contributed by atoms with van der Waals surface area (Å²) in [5.41, 5.74) is 2.75. The van der Waals surface area contributed by atoms with Gasteiger partial charge in [-0.3, -0.25) is 9.78 Å². The molecular formula is C15H19N3O2. The number of nitrogens with one attached hydrogen (secondary N) is 1. The van der Waals surface area contributed by atoms with Crippen molar-refractivity contribution in [3.05, 3.63) is 47.1 Å². The second kappa shape index (κ2) is 6.32. The number of hydrogen-bond donors (Lipinski definition) is 1. The fourth-order valence-electron chi connectivity index (χ4n) is 2.06. The number of hydrogen-bond acceptors (Lipinski definition) is 4. The summed E-state index contributed by atoms with van der Waals surface area (Å²) >= 11 is 0. The van der Waals surface area contributed by atoms with E-state index in [2.05, 4.69) is 15.5 Å². The summed E-state index contributed by atoms with van der Waals surface area (Å²) in [6.45, 7) is 5.75. The molecule has 0 fully saturated rings. The average molecular weight is 273 g/mol. The Balaban J connectivity index is 1.84. The summed E-state index contributed by atoms with van der Waals surface area (Å²) in [4.78, 5) is 16.3. The van der Waals surface area contributed by atoms with Gasteiger partial charge in [-0.05, 0) is 32.9 Å². The van der Waals surface area contributed by atoms with E-state index in [1.807, 2.05) is 39.0 Å². The van der Waals surface area contributed by atoms with Gasteiger partial charge in [-0.15, -0.1) is 0 Å². The molecule has 0 aliphatic rings. The number of carbonyl (C=O) groups is 1. The molecule has 0 aromatic carbocycles. The molecule has 0 spiro atoms. The molecule has 0 aliphatic carbocycles. The van der Waals surface area contributed by atoms with E-state index in [1.54, 1.807) is 6.07 Å². The minimum absolute atomic E-state index is 0.0285. The number of nitrogens with zero attached hydrogens (tertiary/aromatic N) is 2. The molecule has 0 saturated carbocycles. The molecule has 0 saturated heterocycles. The maximum atomic E-state index is 11.9. The van der Waals surface area contributed by atoms with Crippen LogP contribution in [0.5, 0.6) is 0 Å². The van der Waals surface area contributed by atoms with Gasteiger partial charge in [0, 0.05) is 29.9 Å². The zero-order valence-corrected chi connectivity index (χ0v) is 12.0. The summed E-state index contributed by atoms with van der Waals surface area (Å²) < 4.78 is 5.03. The lowest BCUT2D eigenvalue weighted by Gasteiger charge is -2.13. The van der Waals surface area contributed by atoms with Crippen LogP contribution >= 0.6 is 0 Å². The monoisotopic (exact) mass is 273 g/mol. The molecule has 1 N–H and O–H groups in total. The Bertz CT molecular complexity index is 592. The fraction of sp³-hybridized carbons (Fsp3) is 0.400. The number of amides is 1. The summed E-state index contributed by atoms with van der Waals surface area (Å²) in [6.07, 6.45) is 0.926. The van der Waals surface area contributed by atoms with Crippen molar-refractivity contribution in [3.8, 4) is 0 Å². The quantitative estimate of drug-likeness (QED) is 0.904. The highest BCUT2D eigenvalue weighted by Crippen LogP contribution is 2.05. The molecule has 2 aromatic rings. The maximum Gasteiger partial charge on any atom is 0.227 e. The number of pyridine rings is 1. The van der Waals surface area contributed by atoms with E-state index in [9.17, 15) is 4.79 Å². The Morgan fingerprint density at radius 2 is 2.15 bits per heavy atom. The van der Waals surface area contributed by atoms with Gasteiger partial charge in [0.2, 0.25) is 5.91 Å². The van der Waals surface area contributed by atoms with Crippen LogP contribution in [-0.4, -0.2) is 22.1 Å². The van der Waals surface area contributed by atoms with Crippen LogP contribution in [-0.2, 0) is 17.6 Å². The first-order valence-corrected chi connectivity index (χ1v) is 6.67. The van der Waals surface area contributed by atoms with Crippen molar-refractivity contribution in [2.24, 2.45) is 0 Å². The molecule has 2 heterocycles. The van der Waals surface area contributed by atoms with Crippen LogP contribution in [0.3, 0.4) is 0 Å². The molecule has 20 heavy (non-hydrogen) atoms. The minimum atomic E-state index is -0.0682. The second-order valence-corrected chi connectivity index (χ2v) is 5.05. The lowest BCUT2D eigenvalue weighted by atomic mass is 10.1. The van der Waals surface area contributed by atoms with Crippen molar-refractivity contribution in [3.63, 3.8) is 0 Å². The van der Waals surface area contributed by atoms with Crippen LogP contribution in [0.1, 0.15) is 29.8 Å². The molecule has 1 atom stereocenters. The lowest BCUT2D eigenvalue weighted by Crippen LogP contribution is -2.35. The highest BCUT2D eigenvalue weighted by atomic mass is 16.5. The smallest absolute Gasteiger partial charge is 0.227 e. The van der Waals surface area contributed by atoms with Gasteiger partial charge in [0.1, 0.15) is 5.76 Å². The van der Waals surface area contributed by atoms with Gasteiger partial charge in [0.15, 0.2) is 0 Å². The van der Waals surface area contributed by atoms with Crippen molar-refractivity contribution >= 4 is 5.91 Å². The molecule has 1 amide bonds. The maximum absolute atomic E-state index is 11.9. The Hall–Kier alpha value is -2.17. The topological polar surface area (TPSA) is 68.0 Å². The van der Waals surface area contributed by atoms with Crippen LogP contribution < -0.4 is 5.32 Å². The Kier molecular flexibility index (Phi) is 4.50. The van der Waals surface area contributed by atoms with E-state index in [-0.39, 0.29) is 18.4 Å². The van der Waals surface area contributed by atoms with Gasteiger partial charge in [0.25, 0.3) is 0 Å². The van der Waals surface area contributed by atoms with Crippen LogP contribution in [0, 0.1) is 13.8 Å². The molecule has 106 valence electrons. The zero-order valence-electron chi connectivity index (χ0n) is 12.0. The number of rotatable bonds is 5. The molecule has 2 rings (SSSR count). The fourth-order valence-corrected chi connectivity index (χ4v) is 2.06. The largest absolute Gasteiger partial charge is 0.361 e. The van der Waals surface area contributed by atoms with E-state index in [0.717, 1.165) is 17.1 Å². The normalized spacial score (nSPS) is 12.2. The highest BCUT2D eigenvalue weighted by molar-refractivity contribution is 5.78. The Morgan fingerprint density at radius 3 is 2.80 bits per heavy atom. The minimum Gasteiger partial charge on any atom is -0.361 e. The molecule has 0 bridgehead atoms. The first kappa shape index (κ1) is 14.2. The predicted octanol–water partition coefficient (Wildman–Crippen LogP) is 1.98. The van der Waals surface area contributed by atoms with Gasteiger partial charge in [-0.2, -0.15) is 0 Å². The lowest BCUT2D eigenvalue weighted by molar-refractivity contribution is -0.121. The summed E-state index contributed by atoms with van der Waals surface area (Å²) in [5, 5.41) is 6.70. The Labute approximate surface area is 118 Å². The summed E-state index contributed by atoms with van der Waals surface area (Å²) in [6, 6.07) is 7.70. The summed E-state index contributed by atoms with van der Waals surface area (Å²) in [7, 11) is 0. The molecule has 5 nitrogen and oxygen atoms in total. The van der Waals surface area contributed by atoms with Crippen LogP contribution in [0.4, 0.5) is 0 Å². The van der Waals surface area contributed by atoms with Gasteiger partial charge >= 0.3 is 0 Å². The molecule has 0 radical (unpaired) electrons. The van der Waals surface area contributed by atoms with Gasteiger partial charge < -0.3 is 9.84 Å². The van der Waals surface area contributed by atoms with Crippen molar-refractivity contribution < 1.29 is 9.32 Å². The summed E-state index contributed by atoms with van der Waals surface area (Å²) in [5.74, 6) is 0.516. The highest BCUT2D eigenvalue weighted by Gasteiger charge is 2.12. The third-order valence-electron chi connectivity index (χ3n) is 2.88. The third kappa shape index (κ3) is 4.19. The van der Waals surface area contributed by atoms with Crippen LogP contribution in [0.2, 0.25) is 0 Å². The molecule has 0 unspecified atom stereocenters. The number of carbonyl (C=O) groups excluding carboxylic acids is 1. The van der Waals surface area contributed by atoms with Gasteiger partial charge in [-0.25, -0.2) is 0 Å². The molecular weight excluding hydrogens is 254 g/mol. The third-order valence-corrected chi connectivity index (χ3v) is 2.88. The second-order valence-electron chi connectivity index (χ2n) is 5.05. The number of aryl methyl sites for hydroxylation is 2. The molecule has 2 aromatic heterocycles. The van der Waals surface area contributed by atoms with Gasteiger partial charge in [0.05, 0.1) is 12.1 Å². The van der Waals surface area contributed by atoms with E-state index in [1.165, 1.54) is 0 Å². The molecule has 5 heteroatoms. The van der Waals surface area contributed by atoms with E-state index in [4.69, 9.17) is 4.52 Å². The predicted molar refractivity (Wildman–Crippen MR) is 75.2 cm³/mol. The SMILES string of the molecule is Cc1cc(CC(=O)N[C@@H](C)Cc2cccc(C)n2)on1. The van der Waals surface area contributed by atoms with Crippen molar-refractivity contribution in [2.45, 2.75) is 39.7 Å². The average Bonchev–Trinajstić information content (AvgIpc) is 2.74. The first-order valence-electron chi connectivity index (χ1n) is 6.67. The van der Waals surface area contributed by atoms with Crippen molar-refractivity contribution in [2.75, 3.05) is 0 Å². The van der Waals surface area contributed by atoms with E-state index >= 15 is 0 Å². The van der Waals surface area contributed by atoms with Crippen molar-refractivity contribution in [1.82, 2.24) is 15.5 Å². The van der Waals surface area contributed by atoms with E-state index in [0.29, 0.717) is 12.2 Å². The van der Waals surface area contributed by atoms with Crippen LogP contribution in [0.25, 0.3) is 0 Å². The Morgan fingerprint density at radius 1 is 1.35 bits per heavy atom. The van der Waals surface area contributed by atoms with Gasteiger partial charge in [-0.1, -0.05) is 11.2 Å². The van der Waals surface area contributed by atoms with Crippen molar-refractivity contribution in [1.29, 1.82) is 0 Å². The standard InChI is InChI=1S/C15H19N3O2/c1-10-5-4-6-13(16-10)7-11(2)17-15(19)9-14-8-12(3)18-20-14/h4-6,8,11H,7,9H2,1-3H3,(H,17,19)/t11-/m0/s1. The number of aromatic nitrogens is 2. The molecule has 0 aliphatic heterocycles. The van der Waals surface area contributed by atoms with E-state index < -0.39 is 0 Å². The zero-order chi connectivity index (χ0) is 14.5. The first-order chi connectivity index (χ1) is 9.52.